The van der Waals surface area contributed by atoms with E-state index in [0.717, 1.165) is 12.5 Å². The van der Waals surface area contributed by atoms with Crippen LogP contribution in [0.15, 0.2) is 0 Å². The molecule has 12 heavy (non-hydrogen) atoms. The molecule has 3 atom stereocenters. The second-order valence-corrected chi connectivity index (χ2v) is 5.16. The third-order valence-corrected chi connectivity index (χ3v) is 3.51. The minimum absolute atomic E-state index is 0.551. The van der Waals surface area contributed by atoms with Crippen LogP contribution in [0.2, 0.25) is 0 Å². The fraction of sp³-hybridized carbons (Fsp3) is 1.00. The van der Waals surface area contributed by atoms with Gasteiger partial charge in [-0.25, -0.2) is 0 Å². The van der Waals surface area contributed by atoms with Crippen molar-refractivity contribution in [3.63, 3.8) is 0 Å². The molecule has 0 bridgehead atoms. The molecule has 0 saturated carbocycles. The molecule has 0 radical (unpaired) electrons. The van der Waals surface area contributed by atoms with Crippen molar-refractivity contribution in [2.75, 3.05) is 6.61 Å². The van der Waals surface area contributed by atoms with E-state index in [1.165, 1.54) is 25.7 Å². The molecule has 0 aliphatic carbocycles. The lowest BCUT2D eigenvalue weighted by molar-refractivity contribution is 0.0892. The van der Waals surface area contributed by atoms with Gasteiger partial charge in [0.15, 0.2) is 0 Å². The molecule has 1 aliphatic heterocycles. The molecular formula is C10H19BrO. The second kappa shape index (κ2) is 5.23. The minimum atomic E-state index is 0.551. The largest absolute Gasteiger partial charge is 0.378 e. The average molecular weight is 235 g/mol. The number of alkyl halides is 1. The van der Waals surface area contributed by atoms with Crippen molar-refractivity contribution in [1.29, 1.82) is 0 Å². The number of rotatable bonds is 4. The maximum absolute atomic E-state index is 5.61. The van der Waals surface area contributed by atoms with Gasteiger partial charge < -0.3 is 4.74 Å². The van der Waals surface area contributed by atoms with E-state index in [1.54, 1.807) is 0 Å². The zero-order valence-electron chi connectivity index (χ0n) is 8.05. The molecule has 1 rings (SSSR count). The third kappa shape index (κ3) is 3.06. The van der Waals surface area contributed by atoms with Crippen molar-refractivity contribution in [3.05, 3.63) is 0 Å². The molecule has 3 unspecified atom stereocenters. The summed E-state index contributed by atoms with van der Waals surface area (Å²) in [5.74, 6) is 0.785. The lowest BCUT2D eigenvalue weighted by Gasteiger charge is -2.20. The van der Waals surface area contributed by atoms with E-state index < -0.39 is 0 Å². The maximum Gasteiger partial charge on any atom is 0.0579 e. The molecule has 0 aromatic rings. The minimum Gasteiger partial charge on any atom is -0.378 e. The molecule has 72 valence electrons. The van der Waals surface area contributed by atoms with Crippen LogP contribution in [0.5, 0.6) is 0 Å². The normalized spacial score (nSPS) is 28.8. The van der Waals surface area contributed by atoms with E-state index in [4.69, 9.17) is 4.74 Å². The first-order chi connectivity index (χ1) is 5.74. The Morgan fingerprint density at radius 2 is 2.33 bits per heavy atom. The number of hydrogen-bond donors (Lipinski definition) is 0. The van der Waals surface area contributed by atoms with Gasteiger partial charge in [-0.1, -0.05) is 36.2 Å². The van der Waals surface area contributed by atoms with Crippen molar-refractivity contribution in [2.24, 2.45) is 5.92 Å². The van der Waals surface area contributed by atoms with Crippen LogP contribution in [-0.2, 0) is 4.74 Å². The molecular weight excluding hydrogens is 216 g/mol. The summed E-state index contributed by atoms with van der Waals surface area (Å²) in [4.78, 5) is 0.631. The standard InChI is InChI=1S/C10H19BrO/c1-3-9(8(2)11)7-10-5-4-6-12-10/h8-10H,3-7H2,1-2H3. The Balaban J connectivity index is 2.26. The van der Waals surface area contributed by atoms with Crippen LogP contribution in [0.25, 0.3) is 0 Å². The van der Waals surface area contributed by atoms with Crippen LogP contribution in [0.1, 0.15) is 39.5 Å². The van der Waals surface area contributed by atoms with E-state index in [9.17, 15) is 0 Å². The van der Waals surface area contributed by atoms with Gasteiger partial charge in [0.05, 0.1) is 6.10 Å². The topological polar surface area (TPSA) is 9.23 Å². The Bertz CT molecular complexity index is 119. The zero-order valence-corrected chi connectivity index (χ0v) is 9.64. The van der Waals surface area contributed by atoms with Crippen molar-refractivity contribution in [2.45, 2.75) is 50.5 Å². The average Bonchev–Trinajstić information content (AvgIpc) is 2.51. The molecule has 0 amide bonds. The lowest BCUT2D eigenvalue weighted by Crippen LogP contribution is -2.18. The molecule has 2 heteroatoms. The third-order valence-electron chi connectivity index (χ3n) is 2.76. The Hall–Kier alpha value is 0.440. The molecule has 0 aromatic carbocycles. The molecule has 1 aliphatic rings. The number of hydrogen-bond acceptors (Lipinski definition) is 1. The van der Waals surface area contributed by atoms with Crippen LogP contribution >= 0.6 is 15.9 Å². The Kier molecular flexibility index (Phi) is 4.59. The SMILES string of the molecule is CCC(CC1CCCO1)C(C)Br. The summed E-state index contributed by atoms with van der Waals surface area (Å²) in [6, 6.07) is 0. The first kappa shape index (κ1) is 10.5. The van der Waals surface area contributed by atoms with E-state index in [2.05, 4.69) is 29.8 Å². The predicted octanol–water partition coefficient (Wildman–Crippen LogP) is 3.37. The molecule has 1 saturated heterocycles. The van der Waals surface area contributed by atoms with Crippen molar-refractivity contribution < 1.29 is 4.74 Å². The summed E-state index contributed by atoms with van der Waals surface area (Å²) >= 11 is 3.65. The van der Waals surface area contributed by atoms with Crippen LogP contribution in [0.3, 0.4) is 0 Å². The van der Waals surface area contributed by atoms with Crippen molar-refractivity contribution in [1.82, 2.24) is 0 Å². The van der Waals surface area contributed by atoms with Gasteiger partial charge >= 0.3 is 0 Å². The molecule has 1 fully saturated rings. The number of ether oxygens (including phenoxy) is 1. The summed E-state index contributed by atoms with van der Waals surface area (Å²) in [6.45, 7) is 5.48. The van der Waals surface area contributed by atoms with Crippen LogP contribution in [0, 0.1) is 5.92 Å². The molecule has 1 heterocycles. The summed E-state index contributed by atoms with van der Waals surface area (Å²) in [5.41, 5.74) is 0. The Morgan fingerprint density at radius 3 is 2.75 bits per heavy atom. The lowest BCUT2D eigenvalue weighted by atomic mass is 9.95. The fourth-order valence-electron chi connectivity index (χ4n) is 1.85. The summed E-state index contributed by atoms with van der Waals surface area (Å²) in [7, 11) is 0. The predicted molar refractivity (Wildman–Crippen MR) is 55.8 cm³/mol. The molecule has 1 nitrogen and oxygen atoms in total. The summed E-state index contributed by atoms with van der Waals surface area (Å²) in [6.07, 6.45) is 5.58. The van der Waals surface area contributed by atoms with E-state index >= 15 is 0 Å². The molecule has 0 N–H and O–H groups in total. The van der Waals surface area contributed by atoms with Crippen molar-refractivity contribution in [3.8, 4) is 0 Å². The van der Waals surface area contributed by atoms with E-state index in [0.29, 0.717) is 10.9 Å². The summed E-state index contributed by atoms with van der Waals surface area (Å²) in [5, 5.41) is 0. The van der Waals surface area contributed by atoms with Gasteiger partial charge in [-0.2, -0.15) is 0 Å². The van der Waals surface area contributed by atoms with Crippen LogP contribution in [0.4, 0.5) is 0 Å². The highest BCUT2D eigenvalue weighted by Crippen LogP contribution is 2.26. The molecule has 0 aromatic heterocycles. The van der Waals surface area contributed by atoms with Gasteiger partial charge in [-0.15, -0.1) is 0 Å². The maximum atomic E-state index is 5.61. The first-order valence-corrected chi connectivity index (χ1v) is 5.91. The van der Waals surface area contributed by atoms with Gasteiger partial charge in [-0.05, 0) is 25.2 Å². The number of halogens is 1. The van der Waals surface area contributed by atoms with E-state index in [1.807, 2.05) is 0 Å². The van der Waals surface area contributed by atoms with Gasteiger partial charge in [-0.3, -0.25) is 0 Å². The zero-order chi connectivity index (χ0) is 8.97. The highest BCUT2D eigenvalue weighted by atomic mass is 79.9. The van der Waals surface area contributed by atoms with E-state index in [-0.39, 0.29) is 0 Å². The monoisotopic (exact) mass is 234 g/mol. The Morgan fingerprint density at radius 1 is 1.58 bits per heavy atom. The first-order valence-electron chi connectivity index (χ1n) is 4.99. The van der Waals surface area contributed by atoms with Crippen molar-refractivity contribution >= 4 is 15.9 Å². The quantitative estimate of drug-likeness (QED) is 0.679. The van der Waals surface area contributed by atoms with Gasteiger partial charge in [0, 0.05) is 11.4 Å². The Labute approximate surface area is 84.0 Å². The highest BCUT2D eigenvalue weighted by molar-refractivity contribution is 9.09. The van der Waals surface area contributed by atoms with Crippen LogP contribution in [-0.4, -0.2) is 17.5 Å². The van der Waals surface area contributed by atoms with Crippen LogP contribution < -0.4 is 0 Å². The highest BCUT2D eigenvalue weighted by Gasteiger charge is 2.22. The van der Waals surface area contributed by atoms with Gasteiger partial charge in [0.2, 0.25) is 0 Å². The van der Waals surface area contributed by atoms with Gasteiger partial charge in [0.1, 0.15) is 0 Å². The smallest absolute Gasteiger partial charge is 0.0579 e. The fourth-order valence-corrected chi connectivity index (χ4v) is 2.44. The summed E-state index contributed by atoms with van der Waals surface area (Å²) < 4.78 is 5.61. The van der Waals surface area contributed by atoms with Gasteiger partial charge in [0.25, 0.3) is 0 Å². The second-order valence-electron chi connectivity index (χ2n) is 3.72. The molecule has 0 spiro atoms.